The minimum atomic E-state index is -1.21. The van der Waals surface area contributed by atoms with Crippen LogP contribution in [0.5, 0.6) is 0 Å². The molecule has 0 N–H and O–H groups in total. The average molecular weight is 353 g/mol. The summed E-state index contributed by atoms with van der Waals surface area (Å²) >= 11 is 5.32. The lowest BCUT2D eigenvalue weighted by molar-refractivity contribution is -0.157. The van der Waals surface area contributed by atoms with Crippen molar-refractivity contribution in [2.24, 2.45) is 0 Å². The highest BCUT2D eigenvalue weighted by molar-refractivity contribution is 6.28. The van der Waals surface area contributed by atoms with Crippen LogP contribution in [0.15, 0.2) is 36.9 Å². The van der Waals surface area contributed by atoms with E-state index in [0.717, 1.165) is 0 Å². The molecule has 0 aliphatic heterocycles. The zero-order valence-electron chi connectivity index (χ0n) is 13.3. The van der Waals surface area contributed by atoms with Crippen LogP contribution in [0.3, 0.4) is 0 Å². The molecule has 2 heterocycles. The van der Waals surface area contributed by atoms with E-state index < -0.39 is 17.9 Å². The van der Waals surface area contributed by atoms with Gasteiger partial charge in [0.2, 0.25) is 11.2 Å². The molecule has 8 nitrogen and oxygen atoms in total. The van der Waals surface area contributed by atoms with Gasteiger partial charge in [-0.25, -0.2) is 19.9 Å². The predicted molar refractivity (Wildman–Crippen MR) is 85.1 cm³/mol. The van der Waals surface area contributed by atoms with Crippen molar-refractivity contribution in [2.45, 2.75) is 19.8 Å². The fourth-order valence-corrected chi connectivity index (χ4v) is 1.61. The number of aromatic nitrogens is 4. The molecule has 0 saturated heterocycles. The first-order valence-corrected chi connectivity index (χ1v) is 7.50. The Hall–Kier alpha value is -2.61. The van der Waals surface area contributed by atoms with Gasteiger partial charge < -0.3 is 9.47 Å². The summed E-state index contributed by atoms with van der Waals surface area (Å²) in [6.07, 6.45) is 6.09. The number of hydrogen-bond acceptors (Lipinski definition) is 8. The number of hydrogen-bond donors (Lipinski definition) is 0. The molecule has 128 valence electrons. The second kappa shape index (κ2) is 11.0. The van der Waals surface area contributed by atoms with Crippen molar-refractivity contribution in [3.05, 3.63) is 48.0 Å². The lowest BCUT2D eigenvalue weighted by Crippen LogP contribution is -2.27. The molecule has 0 fully saturated rings. The Morgan fingerprint density at radius 2 is 1.33 bits per heavy atom. The van der Waals surface area contributed by atoms with Gasteiger partial charge in [0.1, 0.15) is 0 Å². The molecule has 0 unspecified atom stereocenters. The molecule has 2 rings (SSSR count). The second-order valence-electron chi connectivity index (χ2n) is 4.06. The molecule has 2 aromatic rings. The smallest absolute Gasteiger partial charge is 0.328 e. The van der Waals surface area contributed by atoms with Gasteiger partial charge in [-0.3, -0.25) is 9.59 Å². The molecule has 0 saturated carbocycles. The number of carbonyl (C=O) groups is 2. The van der Waals surface area contributed by atoms with Gasteiger partial charge in [0, 0.05) is 24.8 Å². The van der Waals surface area contributed by atoms with Gasteiger partial charge in [-0.15, -0.1) is 0 Å². The minimum absolute atomic E-state index is 0.0874. The lowest BCUT2D eigenvalue weighted by atomic mass is 10.1. The first-order valence-electron chi connectivity index (χ1n) is 7.12. The Kier molecular flexibility index (Phi) is 8.91. The van der Waals surface area contributed by atoms with Crippen LogP contribution in [-0.4, -0.2) is 45.1 Å². The van der Waals surface area contributed by atoms with E-state index in [0.29, 0.717) is 5.28 Å². The molecule has 24 heavy (non-hydrogen) atoms. The maximum atomic E-state index is 11.7. The lowest BCUT2D eigenvalue weighted by Gasteiger charge is -2.12. The van der Waals surface area contributed by atoms with Crippen LogP contribution < -0.4 is 0 Å². The molecule has 0 aromatic carbocycles. The number of ether oxygens (including phenoxy) is 2. The molecule has 0 amide bonds. The highest BCUT2D eigenvalue weighted by Crippen LogP contribution is 2.14. The van der Waals surface area contributed by atoms with Gasteiger partial charge in [-0.05, 0) is 37.6 Å². The Labute approximate surface area is 144 Å². The molecule has 0 radical (unpaired) electrons. The van der Waals surface area contributed by atoms with Crippen LogP contribution in [0, 0.1) is 0 Å². The summed E-state index contributed by atoms with van der Waals surface area (Å²) in [7, 11) is 0. The van der Waals surface area contributed by atoms with Crippen LogP contribution in [0.1, 0.15) is 25.6 Å². The quantitative estimate of drug-likeness (QED) is 0.456. The summed E-state index contributed by atoms with van der Waals surface area (Å²) < 4.78 is 9.61. The van der Waals surface area contributed by atoms with E-state index in [1.165, 1.54) is 12.4 Å². The van der Waals surface area contributed by atoms with E-state index in [1.807, 2.05) is 0 Å². The highest BCUT2D eigenvalue weighted by atomic mass is 35.5. The van der Waals surface area contributed by atoms with Crippen molar-refractivity contribution in [3.63, 3.8) is 0 Å². The molecular weight excluding hydrogens is 336 g/mol. The number of halogens is 1. The maximum absolute atomic E-state index is 11.7. The standard InChI is InChI=1S/C11H14N2O4.C4H3ClN2/c1-3-16-10(14)8(11(15)17-4-2)9-12-6-5-7-13-9;5-4-6-2-1-3-7-4/h5-8H,3-4H2,1-2H3;1-3H. The first-order chi connectivity index (χ1) is 11.6. The molecule has 9 heteroatoms. The molecule has 0 spiro atoms. The Balaban J connectivity index is 0.000000341. The summed E-state index contributed by atoms with van der Waals surface area (Å²) in [5, 5.41) is 0.294. The first kappa shape index (κ1) is 19.4. The third-order valence-electron chi connectivity index (χ3n) is 2.42. The van der Waals surface area contributed by atoms with Crippen LogP contribution in [0.2, 0.25) is 5.28 Å². The Morgan fingerprint density at radius 3 is 1.67 bits per heavy atom. The van der Waals surface area contributed by atoms with Crippen molar-refractivity contribution in [1.29, 1.82) is 0 Å². The van der Waals surface area contributed by atoms with Crippen molar-refractivity contribution >= 4 is 23.5 Å². The monoisotopic (exact) mass is 352 g/mol. The zero-order chi connectivity index (χ0) is 17.8. The molecule has 0 aliphatic carbocycles. The average Bonchev–Trinajstić information content (AvgIpc) is 2.58. The van der Waals surface area contributed by atoms with E-state index >= 15 is 0 Å². The number of carbonyl (C=O) groups excluding carboxylic acids is 2. The molecule has 0 atom stereocenters. The van der Waals surface area contributed by atoms with Gasteiger partial charge in [-0.2, -0.15) is 0 Å². The third-order valence-corrected chi connectivity index (χ3v) is 2.62. The predicted octanol–water partition coefficient (Wildman–Crippen LogP) is 1.82. The molecule has 0 bridgehead atoms. The largest absolute Gasteiger partial charge is 0.465 e. The summed E-state index contributed by atoms with van der Waals surface area (Å²) in [5.41, 5.74) is 0. The fourth-order valence-electron chi connectivity index (χ4n) is 1.50. The number of esters is 2. The summed E-state index contributed by atoms with van der Waals surface area (Å²) in [6.45, 7) is 3.68. The van der Waals surface area contributed by atoms with Crippen molar-refractivity contribution < 1.29 is 19.1 Å². The molecular formula is C15H17ClN4O4. The summed E-state index contributed by atoms with van der Waals surface area (Å²) in [5.74, 6) is -2.52. The minimum Gasteiger partial charge on any atom is -0.465 e. The van der Waals surface area contributed by atoms with Crippen LogP contribution in [0.25, 0.3) is 0 Å². The second-order valence-corrected chi connectivity index (χ2v) is 4.40. The van der Waals surface area contributed by atoms with Crippen LogP contribution >= 0.6 is 11.6 Å². The number of rotatable bonds is 5. The van der Waals surface area contributed by atoms with E-state index in [2.05, 4.69) is 19.9 Å². The van der Waals surface area contributed by atoms with E-state index in [-0.39, 0.29) is 19.0 Å². The van der Waals surface area contributed by atoms with Gasteiger partial charge in [0.25, 0.3) is 0 Å². The third kappa shape index (κ3) is 6.66. The SMILES string of the molecule is CCOC(=O)C(C(=O)OCC)c1ncccn1.Clc1ncccn1. The van der Waals surface area contributed by atoms with Crippen molar-refractivity contribution in [3.8, 4) is 0 Å². The number of nitrogens with zero attached hydrogens (tertiary/aromatic N) is 4. The Bertz CT molecular complexity index is 610. The van der Waals surface area contributed by atoms with Crippen LogP contribution in [0.4, 0.5) is 0 Å². The van der Waals surface area contributed by atoms with Crippen LogP contribution in [-0.2, 0) is 19.1 Å². The highest BCUT2D eigenvalue weighted by Gasteiger charge is 2.33. The normalized spacial score (nSPS) is 9.67. The topological polar surface area (TPSA) is 104 Å². The Morgan fingerprint density at radius 1 is 0.917 bits per heavy atom. The zero-order valence-corrected chi connectivity index (χ0v) is 14.0. The van der Waals surface area contributed by atoms with Gasteiger partial charge in [0.15, 0.2) is 5.82 Å². The van der Waals surface area contributed by atoms with Crippen molar-refractivity contribution in [1.82, 2.24) is 19.9 Å². The summed E-state index contributed by atoms with van der Waals surface area (Å²) in [4.78, 5) is 38.3. The fraction of sp³-hybridized carbons (Fsp3) is 0.333. The van der Waals surface area contributed by atoms with Gasteiger partial charge in [0.05, 0.1) is 13.2 Å². The van der Waals surface area contributed by atoms with Gasteiger partial charge in [-0.1, -0.05) is 0 Å². The van der Waals surface area contributed by atoms with E-state index in [9.17, 15) is 9.59 Å². The maximum Gasteiger partial charge on any atom is 0.328 e. The molecule has 2 aromatic heterocycles. The van der Waals surface area contributed by atoms with E-state index in [1.54, 1.807) is 38.4 Å². The summed E-state index contributed by atoms with van der Waals surface area (Å²) in [6, 6.07) is 3.31. The molecule has 0 aliphatic rings. The van der Waals surface area contributed by atoms with Gasteiger partial charge >= 0.3 is 11.9 Å². The van der Waals surface area contributed by atoms with E-state index in [4.69, 9.17) is 21.1 Å². The van der Waals surface area contributed by atoms with Crippen molar-refractivity contribution in [2.75, 3.05) is 13.2 Å².